The number of sulfonamides is 1. The van der Waals surface area contributed by atoms with Crippen LogP contribution in [0.2, 0.25) is 0 Å². The Balaban J connectivity index is 1.54. The molecule has 4 rings (SSSR count). The Bertz CT molecular complexity index is 1210. The highest BCUT2D eigenvalue weighted by Crippen LogP contribution is 2.27. The zero-order valence-electron chi connectivity index (χ0n) is 18.8. The number of aromatic nitrogens is 1. The molecule has 1 saturated heterocycles. The Morgan fingerprint density at radius 2 is 1.84 bits per heavy atom. The van der Waals surface area contributed by atoms with Crippen molar-refractivity contribution in [3.8, 4) is 0 Å². The van der Waals surface area contributed by atoms with E-state index in [0.717, 1.165) is 41.3 Å². The number of aryl methyl sites for hydroxylation is 1. The number of benzene rings is 2. The minimum atomic E-state index is -3.48. The summed E-state index contributed by atoms with van der Waals surface area (Å²) in [7, 11) is -3.48. The Hall–Kier alpha value is -2.64. The molecule has 2 aromatic carbocycles. The molecule has 0 radical (unpaired) electrons. The maximum Gasteiger partial charge on any atom is 0.243 e. The molecule has 0 bridgehead atoms. The zero-order chi connectivity index (χ0) is 22.7. The van der Waals surface area contributed by atoms with Crippen LogP contribution >= 0.6 is 0 Å². The van der Waals surface area contributed by atoms with Crippen molar-refractivity contribution < 1.29 is 13.2 Å². The predicted octanol–water partition coefficient (Wildman–Crippen LogP) is 4.39. The van der Waals surface area contributed by atoms with Crippen molar-refractivity contribution in [2.45, 2.75) is 57.0 Å². The van der Waals surface area contributed by atoms with Gasteiger partial charge in [0.25, 0.3) is 0 Å². The van der Waals surface area contributed by atoms with Crippen molar-refractivity contribution in [1.29, 1.82) is 0 Å². The molecule has 6 nitrogen and oxygen atoms in total. The predicted molar refractivity (Wildman–Crippen MR) is 127 cm³/mol. The first kappa shape index (κ1) is 22.6. The third-order valence-electron chi connectivity index (χ3n) is 6.22. The van der Waals surface area contributed by atoms with Crippen molar-refractivity contribution in [2.75, 3.05) is 13.1 Å². The molecule has 3 aromatic rings. The number of rotatable bonds is 7. The van der Waals surface area contributed by atoms with Crippen LogP contribution in [0.1, 0.15) is 49.8 Å². The maximum atomic E-state index is 13.0. The number of piperidine rings is 1. The lowest BCUT2D eigenvalue weighted by molar-refractivity contribution is -0.124. The summed E-state index contributed by atoms with van der Waals surface area (Å²) < 4.78 is 29.6. The third-order valence-corrected chi connectivity index (χ3v) is 8.11. The molecule has 1 atom stereocenters. The second-order valence-electron chi connectivity index (χ2n) is 8.54. The average molecular weight is 454 g/mol. The minimum absolute atomic E-state index is 0.0449. The molecule has 32 heavy (non-hydrogen) atoms. The zero-order valence-corrected chi connectivity index (χ0v) is 19.6. The molecule has 2 heterocycles. The van der Waals surface area contributed by atoms with Crippen LogP contribution in [0.3, 0.4) is 0 Å². The summed E-state index contributed by atoms with van der Waals surface area (Å²) in [5.41, 5.74) is 3.09. The molecular weight excluding hydrogens is 422 g/mol. The molecular formula is C25H31N3O3S. The Kier molecular flexibility index (Phi) is 6.67. The van der Waals surface area contributed by atoms with Crippen LogP contribution in [0.5, 0.6) is 0 Å². The third kappa shape index (κ3) is 4.59. The van der Waals surface area contributed by atoms with Gasteiger partial charge in [0.1, 0.15) is 6.04 Å². The van der Waals surface area contributed by atoms with Crippen LogP contribution < -0.4 is 5.32 Å². The van der Waals surface area contributed by atoms with Gasteiger partial charge in [-0.15, -0.1) is 0 Å². The van der Waals surface area contributed by atoms with Crippen LogP contribution in [0, 0.1) is 6.92 Å². The number of hydrogen-bond acceptors (Lipinski definition) is 3. The molecule has 1 amide bonds. The normalized spacial score (nSPS) is 16.2. The van der Waals surface area contributed by atoms with E-state index in [-0.39, 0.29) is 11.9 Å². The molecule has 1 aromatic heterocycles. The lowest BCUT2D eigenvalue weighted by Crippen LogP contribution is -2.35. The summed E-state index contributed by atoms with van der Waals surface area (Å²) in [5.74, 6) is -0.0449. The molecule has 1 N–H and O–H groups in total. The first-order chi connectivity index (χ1) is 15.4. The van der Waals surface area contributed by atoms with E-state index >= 15 is 0 Å². The van der Waals surface area contributed by atoms with Gasteiger partial charge in [0, 0.05) is 36.7 Å². The van der Waals surface area contributed by atoms with E-state index in [2.05, 4.69) is 11.4 Å². The summed E-state index contributed by atoms with van der Waals surface area (Å²) in [5, 5.41) is 3.87. The molecule has 0 saturated carbocycles. The van der Waals surface area contributed by atoms with E-state index in [1.807, 2.05) is 54.9 Å². The van der Waals surface area contributed by atoms with E-state index in [1.165, 1.54) is 0 Å². The van der Waals surface area contributed by atoms with Gasteiger partial charge < -0.3 is 9.88 Å². The van der Waals surface area contributed by atoms with E-state index in [0.29, 0.717) is 31.0 Å². The quantitative estimate of drug-likeness (QED) is 0.577. The van der Waals surface area contributed by atoms with Crippen LogP contribution in [0.15, 0.2) is 59.6 Å². The number of amides is 1. The highest BCUT2D eigenvalue weighted by atomic mass is 32.2. The fourth-order valence-corrected chi connectivity index (χ4v) is 6.02. The SMILES string of the molecule is CC[C@@H](C(=O)NCc1cccc(C)c1)n1ccc2cc(S(=O)(=O)N3CCCCC3)ccc21. The number of carbonyl (C=O) groups is 1. The fourth-order valence-electron chi connectivity index (χ4n) is 4.47. The average Bonchev–Trinajstić information content (AvgIpc) is 3.22. The van der Waals surface area contributed by atoms with Crippen molar-refractivity contribution in [1.82, 2.24) is 14.2 Å². The van der Waals surface area contributed by atoms with E-state index in [1.54, 1.807) is 16.4 Å². The van der Waals surface area contributed by atoms with Gasteiger partial charge in [0.15, 0.2) is 0 Å². The first-order valence-electron chi connectivity index (χ1n) is 11.3. The van der Waals surface area contributed by atoms with Gasteiger partial charge in [-0.05, 0) is 56.0 Å². The first-order valence-corrected chi connectivity index (χ1v) is 12.8. The molecule has 1 fully saturated rings. The van der Waals surface area contributed by atoms with E-state index < -0.39 is 10.0 Å². The van der Waals surface area contributed by atoms with Crippen molar-refractivity contribution in [2.24, 2.45) is 0 Å². The molecule has 0 aliphatic carbocycles. The topological polar surface area (TPSA) is 71.4 Å². The highest BCUT2D eigenvalue weighted by molar-refractivity contribution is 7.89. The second kappa shape index (κ2) is 9.46. The maximum absolute atomic E-state index is 13.0. The van der Waals surface area contributed by atoms with Crippen molar-refractivity contribution in [3.05, 3.63) is 65.9 Å². The lowest BCUT2D eigenvalue weighted by atomic mass is 10.1. The Morgan fingerprint density at radius 3 is 2.56 bits per heavy atom. The summed E-state index contributed by atoms with van der Waals surface area (Å²) in [6.07, 6.45) is 5.42. The van der Waals surface area contributed by atoms with Crippen LogP contribution in [-0.2, 0) is 21.4 Å². The number of hydrogen-bond donors (Lipinski definition) is 1. The molecule has 170 valence electrons. The standard InChI is InChI=1S/C25H31N3O3S/c1-3-23(25(29)26-18-20-9-7-8-19(2)16-20)28-15-12-21-17-22(10-11-24(21)28)32(30,31)27-13-5-4-6-14-27/h7-12,15-17,23H,3-6,13-14,18H2,1-2H3,(H,26,29)/t23-/m0/s1. The summed E-state index contributed by atoms with van der Waals surface area (Å²) in [4.78, 5) is 13.3. The number of nitrogens with zero attached hydrogens (tertiary/aromatic N) is 2. The molecule has 0 spiro atoms. The van der Waals surface area contributed by atoms with E-state index in [4.69, 9.17) is 0 Å². The van der Waals surface area contributed by atoms with Gasteiger partial charge in [0.05, 0.1) is 4.90 Å². The van der Waals surface area contributed by atoms with Crippen LogP contribution in [0.4, 0.5) is 0 Å². The molecule has 7 heteroatoms. The second-order valence-corrected chi connectivity index (χ2v) is 10.5. The Morgan fingerprint density at radius 1 is 1.06 bits per heavy atom. The minimum Gasteiger partial charge on any atom is -0.350 e. The largest absolute Gasteiger partial charge is 0.350 e. The smallest absolute Gasteiger partial charge is 0.243 e. The van der Waals surface area contributed by atoms with Gasteiger partial charge in [0.2, 0.25) is 15.9 Å². The number of nitrogens with one attached hydrogen (secondary N) is 1. The summed E-state index contributed by atoms with van der Waals surface area (Å²) in [6.45, 7) is 5.67. The van der Waals surface area contributed by atoms with Gasteiger partial charge >= 0.3 is 0 Å². The summed E-state index contributed by atoms with van der Waals surface area (Å²) >= 11 is 0. The number of carbonyl (C=O) groups excluding carboxylic acids is 1. The van der Waals surface area contributed by atoms with Crippen LogP contribution in [0.25, 0.3) is 10.9 Å². The van der Waals surface area contributed by atoms with Crippen LogP contribution in [-0.4, -0.2) is 36.3 Å². The van der Waals surface area contributed by atoms with E-state index in [9.17, 15) is 13.2 Å². The molecule has 0 unspecified atom stereocenters. The molecule has 1 aliphatic heterocycles. The van der Waals surface area contributed by atoms with Gasteiger partial charge in [-0.2, -0.15) is 4.31 Å². The Labute approximate surface area is 190 Å². The highest BCUT2D eigenvalue weighted by Gasteiger charge is 2.27. The van der Waals surface area contributed by atoms with Gasteiger partial charge in [-0.25, -0.2) is 8.42 Å². The van der Waals surface area contributed by atoms with Gasteiger partial charge in [-0.1, -0.05) is 43.2 Å². The molecule has 1 aliphatic rings. The summed E-state index contributed by atoms with van der Waals surface area (Å²) in [6, 6.07) is 14.8. The monoisotopic (exact) mass is 453 g/mol. The fraction of sp³-hybridized carbons (Fsp3) is 0.400. The van der Waals surface area contributed by atoms with Crippen molar-refractivity contribution >= 4 is 26.8 Å². The number of fused-ring (bicyclic) bond motifs is 1. The lowest BCUT2D eigenvalue weighted by Gasteiger charge is -2.26. The van der Waals surface area contributed by atoms with Gasteiger partial charge in [-0.3, -0.25) is 4.79 Å². The van der Waals surface area contributed by atoms with Crippen molar-refractivity contribution in [3.63, 3.8) is 0 Å².